The van der Waals surface area contributed by atoms with Crippen LogP contribution in [-0.2, 0) is 6.54 Å². The van der Waals surface area contributed by atoms with Crippen molar-refractivity contribution in [3.8, 4) is 5.88 Å². The molecule has 0 bridgehead atoms. The van der Waals surface area contributed by atoms with Gasteiger partial charge in [-0.2, -0.15) is 0 Å². The largest absolute Gasteiger partial charge is 0.476 e. The SMILES string of the molecule is CCCOc1nn(Cc2ccccc2)cc1Br. The minimum atomic E-state index is 0.669. The second-order valence-electron chi connectivity index (χ2n) is 3.81. The van der Waals surface area contributed by atoms with Gasteiger partial charge in [-0.25, -0.2) is 0 Å². The highest BCUT2D eigenvalue weighted by Gasteiger charge is 2.07. The third kappa shape index (κ3) is 3.33. The second-order valence-corrected chi connectivity index (χ2v) is 4.67. The van der Waals surface area contributed by atoms with E-state index in [0.717, 1.165) is 17.4 Å². The number of nitrogens with zero attached hydrogens (tertiary/aromatic N) is 2. The third-order valence-corrected chi connectivity index (χ3v) is 2.86. The van der Waals surface area contributed by atoms with Crippen molar-refractivity contribution >= 4 is 15.9 Å². The van der Waals surface area contributed by atoms with Gasteiger partial charge in [0.1, 0.15) is 0 Å². The van der Waals surface area contributed by atoms with Gasteiger partial charge in [-0.05, 0) is 27.9 Å². The molecule has 0 aliphatic carbocycles. The first-order valence-corrected chi connectivity index (χ1v) is 6.48. The quantitative estimate of drug-likeness (QED) is 0.844. The van der Waals surface area contributed by atoms with Crippen LogP contribution in [0.3, 0.4) is 0 Å². The van der Waals surface area contributed by atoms with Gasteiger partial charge in [0.05, 0.1) is 17.6 Å². The Morgan fingerprint density at radius 3 is 2.76 bits per heavy atom. The Morgan fingerprint density at radius 1 is 1.29 bits per heavy atom. The van der Waals surface area contributed by atoms with Gasteiger partial charge < -0.3 is 4.74 Å². The van der Waals surface area contributed by atoms with E-state index in [0.29, 0.717) is 12.5 Å². The normalized spacial score (nSPS) is 10.5. The summed E-state index contributed by atoms with van der Waals surface area (Å²) >= 11 is 3.45. The Hall–Kier alpha value is -1.29. The molecule has 2 rings (SSSR count). The summed E-state index contributed by atoms with van der Waals surface area (Å²) in [6.45, 7) is 3.53. The molecule has 0 amide bonds. The number of halogens is 1. The van der Waals surface area contributed by atoms with Crippen molar-refractivity contribution in [2.24, 2.45) is 0 Å². The third-order valence-electron chi connectivity index (χ3n) is 2.32. The van der Waals surface area contributed by atoms with Gasteiger partial charge in [0.2, 0.25) is 5.88 Å². The summed E-state index contributed by atoms with van der Waals surface area (Å²) < 4.78 is 8.31. The predicted molar refractivity (Wildman–Crippen MR) is 71.3 cm³/mol. The lowest BCUT2D eigenvalue weighted by Crippen LogP contribution is -2.01. The van der Waals surface area contributed by atoms with Crippen molar-refractivity contribution in [1.29, 1.82) is 0 Å². The van der Waals surface area contributed by atoms with Crippen LogP contribution in [0.4, 0.5) is 0 Å². The van der Waals surface area contributed by atoms with Crippen LogP contribution in [0.25, 0.3) is 0 Å². The molecule has 2 aromatic rings. The highest BCUT2D eigenvalue weighted by molar-refractivity contribution is 9.10. The zero-order valence-corrected chi connectivity index (χ0v) is 11.4. The molecule has 3 nitrogen and oxygen atoms in total. The molecule has 0 aliphatic heterocycles. The lowest BCUT2D eigenvalue weighted by atomic mass is 10.2. The molecule has 17 heavy (non-hydrogen) atoms. The minimum Gasteiger partial charge on any atom is -0.476 e. The Morgan fingerprint density at radius 2 is 2.06 bits per heavy atom. The summed E-state index contributed by atoms with van der Waals surface area (Å²) in [5, 5.41) is 4.39. The predicted octanol–water partition coefficient (Wildman–Crippen LogP) is 3.48. The molecule has 0 unspecified atom stereocenters. The Kier molecular flexibility index (Phi) is 4.20. The molecule has 0 saturated carbocycles. The Balaban J connectivity index is 2.07. The molecule has 0 N–H and O–H groups in total. The summed E-state index contributed by atoms with van der Waals surface area (Å²) in [4.78, 5) is 0. The van der Waals surface area contributed by atoms with Crippen LogP contribution in [-0.4, -0.2) is 16.4 Å². The van der Waals surface area contributed by atoms with Crippen LogP contribution in [0.5, 0.6) is 5.88 Å². The highest BCUT2D eigenvalue weighted by atomic mass is 79.9. The second kappa shape index (κ2) is 5.87. The molecule has 0 atom stereocenters. The van der Waals surface area contributed by atoms with E-state index in [9.17, 15) is 0 Å². The molecule has 0 fully saturated rings. The number of hydrogen-bond donors (Lipinski definition) is 0. The van der Waals surface area contributed by atoms with E-state index in [2.05, 4.69) is 40.1 Å². The average Bonchev–Trinajstić information content (AvgIpc) is 2.68. The molecule has 1 aromatic heterocycles. The summed E-state index contributed by atoms with van der Waals surface area (Å²) in [7, 11) is 0. The molecule has 4 heteroatoms. The van der Waals surface area contributed by atoms with Crippen LogP contribution in [0.15, 0.2) is 41.0 Å². The molecule has 0 radical (unpaired) electrons. The molecule has 0 saturated heterocycles. The first-order chi connectivity index (χ1) is 8.29. The van der Waals surface area contributed by atoms with E-state index in [1.807, 2.05) is 29.1 Å². The van der Waals surface area contributed by atoms with E-state index in [4.69, 9.17) is 4.74 Å². The van der Waals surface area contributed by atoms with Gasteiger partial charge in [-0.3, -0.25) is 4.68 Å². The van der Waals surface area contributed by atoms with Crippen molar-refractivity contribution < 1.29 is 4.74 Å². The van der Waals surface area contributed by atoms with Crippen LogP contribution in [0, 0.1) is 0 Å². The Labute approximate surface area is 110 Å². The standard InChI is InChI=1S/C13H15BrN2O/c1-2-8-17-13-12(14)10-16(15-13)9-11-6-4-3-5-7-11/h3-7,10H,2,8-9H2,1H3. The summed E-state index contributed by atoms with van der Waals surface area (Å²) in [6, 6.07) is 10.2. The van der Waals surface area contributed by atoms with Crippen molar-refractivity contribution in [3.05, 3.63) is 46.6 Å². The number of aromatic nitrogens is 2. The van der Waals surface area contributed by atoms with Crippen molar-refractivity contribution in [1.82, 2.24) is 9.78 Å². The molecule has 0 spiro atoms. The topological polar surface area (TPSA) is 27.1 Å². The average molecular weight is 295 g/mol. The van der Waals surface area contributed by atoms with Gasteiger partial charge in [-0.15, -0.1) is 5.10 Å². The maximum Gasteiger partial charge on any atom is 0.247 e. The Bertz CT molecular complexity index is 468. The van der Waals surface area contributed by atoms with Gasteiger partial charge in [0.25, 0.3) is 0 Å². The smallest absolute Gasteiger partial charge is 0.247 e. The van der Waals surface area contributed by atoms with E-state index in [1.54, 1.807) is 0 Å². The molecule has 0 aliphatic rings. The van der Waals surface area contributed by atoms with Gasteiger partial charge in [0.15, 0.2) is 0 Å². The van der Waals surface area contributed by atoms with Crippen LogP contribution >= 0.6 is 15.9 Å². The van der Waals surface area contributed by atoms with Crippen LogP contribution in [0.2, 0.25) is 0 Å². The first-order valence-electron chi connectivity index (χ1n) is 5.69. The fourth-order valence-corrected chi connectivity index (χ4v) is 1.96. The lowest BCUT2D eigenvalue weighted by Gasteiger charge is -2.01. The number of ether oxygens (including phenoxy) is 1. The number of hydrogen-bond acceptors (Lipinski definition) is 2. The molecule has 1 heterocycles. The monoisotopic (exact) mass is 294 g/mol. The molecule has 1 aromatic carbocycles. The fourth-order valence-electron chi connectivity index (χ4n) is 1.53. The van der Waals surface area contributed by atoms with Crippen molar-refractivity contribution in [3.63, 3.8) is 0 Å². The van der Waals surface area contributed by atoms with Crippen LogP contribution < -0.4 is 4.74 Å². The summed E-state index contributed by atoms with van der Waals surface area (Å²) in [5.74, 6) is 0.669. The lowest BCUT2D eigenvalue weighted by molar-refractivity contribution is 0.300. The van der Waals surface area contributed by atoms with E-state index in [-0.39, 0.29) is 0 Å². The first kappa shape index (κ1) is 12.2. The summed E-state index contributed by atoms with van der Waals surface area (Å²) in [6.07, 6.45) is 2.93. The molecular formula is C13H15BrN2O. The maximum absolute atomic E-state index is 5.53. The molecule has 90 valence electrons. The highest BCUT2D eigenvalue weighted by Crippen LogP contribution is 2.23. The zero-order valence-electron chi connectivity index (χ0n) is 9.77. The summed E-state index contributed by atoms with van der Waals surface area (Å²) in [5.41, 5.74) is 1.23. The maximum atomic E-state index is 5.53. The van der Waals surface area contributed by atoms with Crippen molar-refractivity contribution in [2.75, 3.05) is 6.61 Å². The van der Waals surface area contributed by atoms with E-state index >= 15 is 0 Å². The van der Waals surface area contributed by atoms with E-state index < -0.39 is 0 Å². The fraction of sp³-hybridized carbons (Fsp3) is 0.308. The number of rotatable bonds is 5. The van der Waals surface area contributed by atoms with Crippen LogP contribution in [0.1, 0.15) is 18.9 Å². The zero-order chi connectivity index (χ0) is 12.1. The minimum absolute atomic E-state index is 0.669. The van der Waals surface area contributed by atoms with Crippen molar-refractivity contribution in [2.45, 2.75) is 19.9 Å². The number of benzene rings is 1. The molecular weight excluding hydrogens is 280 g/mol. The van der Waals surface area contributed by atoms with Gasteiger partial charge >= 0.3 is 0 Å². The van der Waals surface area contributed by atoms with Gasteiger partial charge in [0, 0.05) is 6.20 Å². The van der Waals surface area contributed by atoms with E-state index in [1.165, 1.54) is 5.56 Å². The van der Waals surface area contributed by atoms with Gasteiger partial charge in [-0.1, -0.05) is 37.3 Å².